The minimum absolute atomic E-state index is 0.160. The molecule has 7 nitrogen and oxygen atoms in total. The van der Waals surface area contributed by atoms with E-state index in [9.17, 15) is 28.0 Å². The number of rotatable bonds is 29. The second-order valence-electron chi connectivity index (χ2n) is 13.3. The molecule has 0 aromatic carbocycles. The van der Waals surface area contributed by atoms with Crippen molar-refractivity contribution in [3.05, 3.63) is 12.2 Å². The van der Waals surface area contributed by atoms with E-state index in [1.807, 2.05) is 0 Å². The van der Waals surface area contributed by atoms with Crippen LogP contribution in [0.5, 0.6) is 0 Å². The molecule has 250 valence electrons. The fraction of sp³-hybridized carbons (Fsp3) is 0.912. The molecule has 0 aliphatic rings. The summed E-state index contributed by atoms with van der Waals surface area (Å²) in [5, 5.41) is 23.3. The highest BCUT2D eigenvalue weighted by Crippen LogP contribution is 2.15. The van der Waals surface area contributed by atoms with Crippen LogP contribution < -0.4 is 5.32 Å². The van der Waals surface area contributed by atoms with Crippen LogP contribution in [0, 0.1) is 11.8 Å². The maximum absolute atomic E-state index is 12.5. The standard InChI is InChI=1S/C34H67NO6S/c1-29(2)23-19-15-11-7-5-9-13-17-21-25-31(36)27-34(38)35-32(28-42(39,40)41)33(37)26-22-18-14-10-6-8-12-16-20-24-30(3)4/h22,26,29-33,36-37H,5-21,23-25,27-28H2,1-4H3,(H,35,38)(H,39,40,41)/b26-22+/t31-,32-,33-/m1/s1. The number of carbonyl (C=O) groups is 1. The highest BCUT2D eigenvalue weighted by Gasteiger charge is 2.25. The van der Waals surface area contributed by atoms with E-state index >= 15 is 0 Å². The van der Waals surface area contributed by atoms with Crippen molar-refractivity contribution in [3.8, 4) is 0 Å². The Balaban J connectivity index is 4.17. The van der Waals surface area contributed by atoms with E-state index in [0.29, 0.717) is 6.42 Å². The number of carbonyl (C=O) groups excluding carboxylic acids is 1. The normalized spacial score (nSPS) is 14.6. The molecular weight excluding hydrogens is 550 g/mol. The highest BCUT2D eigenvalue weighted by atomic mass is 32.2. The van der Waals surface area contributed by atoms with Gasteiger partial charge in [0.05, 0.1) is 30.4 Å². The number of hydrogen-bond donors (Lipinski definition) is 4. The lowest BCUT2D eigenvalue weighted by Gasteiger charge is -2.22. The first-order chi connectivity index (χ1) is 19.9. The van der Waals surface area contributed by atoms with Crippen molar-refractivity contribution >= 4 is 16.0 Å². The van der Waals surface area contributed by atoms with E-state index < -0.39 is 40.0 Å². The molecule has 0 aromatic heterocycles. The van der Waals surface area contributed by atoms with Gasteiger partial charge in [0.25, 0.3) is 10.1 Å². The van der Waals surface area contributed by atoms with Gasteiger partial charge >= 0.3 is 0 Å². The minimum atomic E-state index is -4.41. The van der Waals surface area contributed by atoms with Gasteiger partial charge in [-0.25, -0.2) is 0 Å². The van der Waals surface area contributed by atoms with Gasteiger partial charge < -0.3 is 15.5 Å². The summed E-state index contributed by atoms with van der Waals surface area (Å²) in [5.74, 6) is 0.253. The second-order valence-corrected chi connectivity index (χ2v) is 14.8. The van der Waals surface area contributed by atoms with Crippen LogP contribution >= 0.6 is 0 Å². The van der Waals surface area contributed by atoms with Gasteiger partial charge in [0, 0.05) is 0 Å². The molecule has 0 aliphatic carbocycles. The Bertz CT molecular complexity index is 768. The molecule has 0 saturated heterocycles. The van der Waals surface area contributed by atoms with Gasteiger partial charge in [-0.05, 0) is 31.1 Å². The first-order valence-corrected chi connectivity index (χ1v) is 18.8. The number of hydrogen-bond acceptors (Lipinski definition) is 5. The number of aliphatic hydroxyl groups excluding tert-OH is 2. The van der Waals surface area contributed by atoms with Crippen LogP contribution in [-0.2, 0) is 14.9 Å². The second kappa shape index (κ2) is 26.4. The van der Waals surface area contributed by atoms with Crippen molar-refractivity contribution < 1.29 is 28.0 Å². The fourth-order valence-corrected chi connectivity index (χ4v) is 6.01. The molecule has 4 N–H and O–H groups in total. The predicted octanol–water partition coefficient (Wildman–Crippen LogP) is 8.14. The van der Waals surface area contributed by atoms with Crippen LogP contribution in [0.25, 0.3) is 0 Å². The van der Waals surface area contributed by atoms with Gasteiger partial charge in [-0.2, -0.15) is 8.42 Å². The third-order valence-electron chi connectivity index (χ3n) is 7.87. The molecule has 0 unspecified atom stereocenters. The van der Waals surface area contributed by atoms with Gasteiger partial charge in [-0.15, -0.1) is 0 Å². The first-order valence-electron chi connectivity index (χ1n) is 17.2. The largest absolute Gasteiger partial charge is 0.393 e. The summed E-state index contributed by atoms with van der Waals surface area (Å²) < 4.78 is 32.3. The Morgan fingerprint density at radius 2 is 1.07 bits per heavy atom. The summed E-state index contributed by atoms with van der Waals surface area (Å²) >= 11 is 0. The Labute approximate surface area is 259 Å². The lowest BCUT2D eigenvalue weighted by Crippen LogP contribution is -2.47. The van der Waals surface area contributed by atoms with Crippen molar-refractivity contribution in [2.24, 2.45) is 11.8 Å². The summed E-state index contributed by atoms with van der Waals surface area (Å²) in [6.07, 6.45) is 24.0. The molecular formula is C34H67NO6S. The van der Waals surface area contributed by atoms with E-state index in [1.54, 1.807) is 6.08 Å². The van der Waals surface area contributed by atoms with Gasteiger partial charge in [-0.1, -0.05) is 149 Å². The molecule has 0 aliphatic heterocycles. The van der Waals surface area contributed by atoms with Crippen molar-refractivity contribution in [2.75, 3.05) is 5.75 Å². The number of nitrogens with one attached hydrogen (secondary N) is 1. The van der Waals surface area contributed by atoms with E-state index in [0.717, 1.165) is 50.4 Å². The quantitative estimate of drug-likeness (QED) is 0.0382. The maximum Gasteiger partial charge on any atom is 0.267 e. The molecule has 0 saturated carbocycles. The molecule has 8 heteroatoms. The molecule has 0 rings (SSSR count). The van der Waals surface area contributed by atoms with Crippen LogP contribution in [0.15, 0.2) is 12.2 Å². The smallest absolute Gasteiger partial charge is 0.267 e. The summed E-state index contributed by atoms with van der Waals surface area (Å²) in [6, 6.07) is -1.17. The van der Waals surface area contributed by atoms with E-state index in [2.05, 4.69) is 33.0 Å². The van der Waals surface area contributed by atoms with Crippen molar-refractivity contribution in [3.63, 3.8) is 0 Å². The molecule has 3 atom stereocenters. The van der Waals surface area contributed by atoms with Crippen LogP contribution in [0.3, 0.4) is 0 Å². The topological polar surface area (TPSA) is 124 Å². The zero-order valence-electron chi connectivity index (χ0n) is 27.6. The average molecular weight is 618 g/mol. The summed E-state index contributed by atoms with van der Waals surface area (Å²) in [6.45, 7) is 9.06. The van der Waals surface area contributed by atoms with Crippen LogP contribution in [0.4, 0.5) is 0 Å². The monoisotopic (exact) mass is 617 g/mol. The molecule has 0 heterocycles. The molecule has 0 aromatic rings. The molecule has 0 fully saturated rings. The van der Waals surface area contributed by atoms with Crippen molar-refractivity contribution in [2.45, 2.75) is 181 Å². The summed E-state index contributed by atoms with van der Waals surface area (Å²) in [4.78, 5) is 12.5. The Kier molecular flexibility index (Phi) is 25.8. The van der Waals surface area contributed by atoms with Gasteiger partial charge in [0.1, 0.15) is 0 Å². The van der Waals surface area contributed by atoms with Gasteiger partial charge in [0.2, 0.25) is 5.91 Å². The SMILES string of the molecule is CC(C)CCCCCCCCC/C=C/[C@@H](O)[C@@H](CS(=O)(=O)O)NC(=O)C[C@H](O)CCCCCCCCCCCC(C)C. The third-order valence-corrected chi connectivity index (χ3v) is 8.65. The lowest BCUT2D eigenvalue weighted by molar-refractivity contribution is -0.124. The van der Waals surface area contributed by atoms with Crippen LogP contribution in [-0.4, -0.2) is 53.1 Å². The van der Waals surface area contributed by atoms with E-state index in [1.165, 1.54) is 89.5 Å². The highest BCUT2D eigenvalue weighted by molar-refractivity contribution is 7.85. The molecule has 0 bridgehead atoms. The van der Waals surface area contributed by atoms with Gasteiger partial charge in [-0.3, -0.25) is 9.35 Å². The number of allylic oxidation sites excluding steroid dienone is 1. The zero-order chi connectivity index (χ0) is 31.6. The number of amides is 1. The Hall–Kier alpha value is -0.960. The van der Waals surface area contributed by atoms with E-state index in [-0.39, 0.29) is 6.42 Å². The van der Waals surface area contributed by atoms with Gasteiger partial charge in [0.15, 0.2) is 0 Å². The molecule has 0 spiro atoms. The van der Waals surface area contributed by atoms with Crippen molar-refractivity contribution in [1.82, 2.24) is 5.32 Å². The predicted molar refractivity (Wildman–Crippen MR) is 176 cm³/mol. The maximum atomic E-state index is 12.5. The molecule has 1 amide bonds. The van der Waals surface area contributed by atoms with Crippen molar-refractivity contribution in [1.29, 1.82) is 0 Å². The lowest BCUT2D eigenvalue weighted by atomic mass is 10.0. The third kappa shape index (κ3) is 29.1. The number of aliphatic hydroxyl groups is 2. The van der Waals surface area contributed by atoms with Crippen LogP contribution in [0.2, 0.25) is 0 Å². The molecule has 0 radical (unpaired) electrons. The fourth-order valence-electron chi connectivity index (χ4n) is 5.27. The number of unbranched alkanes of at least 4 members (excludes halogenated alkanes) is 15. The Morgan fingerprint density at radius 3 is 1.50 bits per heavy atom. The zero-order valence-corrected chi connectivity index (χ0v) is 28.4. The summed E-state index contributed by atoms with van der Waals surface area (Å²) in [7, 11) is -4.41. The van der Waals surface area contributed by atoms with E-state index in [4.69, 9.17) is 0 Å². The minimum Gasteiger partial charge on any atom is -0.393 e. The first kappa shape index (κ1) is 41.0. The molecule has 42 heavy (non-hydrogen) atoms. The Morgan fingerprint density at radius 1 is 0.667 bits per heavy atom. The van der Waals surface area contributed by atoms with Crippen LogP contribution in [0.1, 0.15) is 163 Å². The average Bonchev–Trinajstić information content (AvgIpc) is 2.88. The summed E-state index contributed by atoms with van der Waals surface area (Å²) in [5.41, 5.74) is 0.